The topological polar surface area (TPSA) is 18.5 Å². The van der Waals surface area contributed by atoms with Gasteiger partial charge in [-0.15, -0.1) is 0 Å². The summed E-state index contributed by atoms with van der Waals surface area (Å²) in [5, 5.41) is 0. The fraction of sp³-hybridized carbons (Fsp3) is 1.00. The highest BCUT2D eigenvalue weighted by molar-refractivity contribution is 6.86. The SMILES string of the molecule is CCC[Si]O[Si](CCC)(CCC)O[Si](CCC)(CCC)CCC. The first kappa shape index (κ1) is 23.6. The third-order valence-corrected chi connectivity index (χ3v) is 17.1. The van der Waals surface area contributed by atoms with Crippen LogP contribution in [0, 0.1) is 0 Å². The molecular formula is C18H42O2Si3. The molecule has 2 radical (unpaired) electrons. The third kappa shape index (κ3) is 9.00. The molecule has 0 atom stereocenters. The predicted molar refractivity (Wildman–Crippen MR) is 110 cm³/mol. The highest BCUT2D eigenvalue weighted by Crippen LogP contribution is 2.35. The van der Waals surface area contributed by atoms with E-state index in [2.05, 4.69) is 41.5 Å². The molecule has 0 amide bonds. The van der Waals surface area contributed by atoms with Crippen molar-refractivity contribution in [2.75, 3.05) is 0 Å². The lowest BCUT2D eigenvalue weighted by Crippen LogP contribution is -2.54. The van der Waals surface area contributed by atoms with E-state index in [1.807, 2.05) is 0 Å². The van der Waals surface area contributed by atoms with Gasteiger partial charge >= 0.3 is 8.56 Å². The molecule has 23 heavy (non-hydrogen) atoms. The van der Waals surface area contributed by atoms with Crippen LogP contribution in [0.4, 0.5) is 0 Å². The standard InChI is InChI=1S/C18H42O2Si3/c1-7-13-21-19-23(17-11-5,18-12-6)20-22(14-8-2,15-9-3)16-10-4/h7-18H2,1-6H3. The molecule has 0 aliphatic heterocycles. The Morgan fingerprint density at radius 3 is 1.39 bits per heavy atom. The van der Waals surface area contributed by atoms with Crippen LogP contribution in [-0.4, -0.2) is 26.6 Å². The Morgan fingerprint density at radius 1 is 0.609 bits per heavy atom. The second-order valence-electron chi connectivity index (χ2n) is 6.94. The molecule has 0 N–H and O–H groups in total. The summed E-state index contributed by atoms with van der Waals surface area (Å²) in [6, 6.07) is 7.59. The summed E-state index contributed by atoms with van der Waals surface area (Å²) in [5.74, 6) is 0. The highest BCUT2D eigenvalue weighted by atomic mass is 28.5. The van der Waals surface area contributed by atoms with Gasteiger partial charge in [0.05, 0.1) is 0 Å². The summed E-state index contributed by atoms with van der Waals surface area (Å²) in [7, 11) is -2.98. The Bertz CT molecular complexity index is 252. The van der Waals surface area contributed by atoms with Gasteiger partial charge in [-0.3, -0.25) is 0 Å². The van der Waals surface area contributed by atoms with Crippen LogP contribution in [0.3, 0.4) is 0 Å². The largest absolute Gasteiger partial charge is 0.436 e. The quantitative estimate of drug-likeness (QED) is 0.216. The summed E-state index contributed by atoms with van der Waals surface area (Å²) in [5.41, 5.74) is 0. The lowest BCUT2D eigenvalue weighted by molar-refractivity contribution is 0.370. The first-order valence-electron chi connectivity index (χ1n) is 10.2. The summed E-state index contributed by atoms with van der Waals surface area (Å²) < 4.78 is 13.9. The van der Waals surface area contributed by atoms with Crippen LogP contribution in [0.2, 0.25) is 36.3 Å². The first-order chi connectivity index (χ1) is 11.1. The van der Waals surface area contributed by atoms with E-state index in [0.29, 0.717) is 9.76 Å². The van der Waals surface area contributed by atoms with E-state index in [1.165, 1.54) is 74.8 Å². The Morgan fingerprint density at radius 2 is 1.04 bits per heavy atom. The molecule has 0 bridgehead atoms. The fourth-order valence-corrected chi connectivity index (χ4v) is 17.2. The Kier molecular flexibility index (Phi) is 14.2. The van der Waals surface area contributed by atoms with Crippen LogP contribution in [0.5, 0.6) is 0 Å². The van der Waals surface area contributed by atoms with Crippen LogP contribution < -0.4 is 0 Å². The van der Waals surface area contributed by atoms with Gasteiger partial charge in [-0.2, -0.15) is 0 Å². The Labute approximate surface area is 151 Å². The van der Waals surface area contributed by atoms with Gasteiger partial charge < -0.3 is 8.23 Å². The van der Waals surface area contributed by atoms with E-state index in [4.69, 9.17) is 8.23 Å². The van der Waals surface area contributed by atoms with Crippen molar-refractivity contribution in [3.8, 4) is 0 Å². The molecule has 0 aromatic heterocycles. The van der Waals surface area contributed by atoms with E-state index in [-0.39, 0.29) is 0 Å². The van der Waals surface area contributed by atoms with E-state index in [0.717, 1.165) is 0 Å². The van der Waals surface area contributed by atoms with Crippen molar-refractivity contribution < 1.29 is 8.23 Å². The number of hydrogen-bond acceptors (Lipinski definition) is 2. The molecule has 0 unspecified atom stereocenters. The van der Waals surface area contributed by atoms with Gasteiger partial charge in [0.1, 0.15) is 0 Å². The summed E-state index contributed by atoms with van der Waals surface area (Å²) >= 11 is 0. The second-order valence-corrected chi connectivity index (χ2v) is 16.1. The average Bonchev–Trinajstić information content (AvgIpc) is 2.49. The van der Waals surface area contributed by atoms with Crippen molar-refractivity contribution in [2.24, 2.45) is 0 Å². The molecule has 0 saturated heterocycles. The zero-order valence-corrected chi connectivity index (χ0v) is 19.8. The van der Waals surface area contributed by atoms with Crippen molar-refractivity contribution in [2.45, 2.75) is 116 Å². The molecular weight excluding hydrogens is 332 g/mol. The van der Waals surface area contributed by atoms with Crippen LogP contribution in [0.25, 0.3) is 0 Å². The lowest BCUT2D eigenvalue weighted by Gasteiger charge is -2.42. The zero-order chi connectivity index (χ0) is 17.6. The molecule has 0 aliphatic carbocycles. The minimum Gasteiger partial charge on any atom is -0.436 e. The predicted octanol–water partition coefficient (Wildman–Crippen LogP) is 6.90. The van der Waals surface area contributed by atoms with Gasteiger partial charge in [-0.05, 0) is 36.3 Å². The average molecular weight is 375 g/mol. The van der Waals surface area contributed by atoms with Crippen LogP contribution in [-0.2, 0) is 8.23 Å². The molecule has 0 aromatic carbocycles. The Balaban J connectivity index is 5.33. The number of hydrogen-bond donors (Lipinski definition) is 0. The minimum atomic E-state index is -2.01. The van der Waals surface area contributed by atoms with E-state index >= 15 is 0 Å². The molecule has 138 valence electrons. The summed E-state index contributed by atoms with van der Waals surface area (Å²) in [6.45, 7) is 13.9. The van der Waals surface area contributed by atoms with Gasteiger partial charge in [-0.1, -0.05) is 80.1 Å². The van der Waals surface area contributed by atoms with Gasteiger partial charge in [0.2, 0.25) is 9.76 Å². The van der Waals surface area contributed by atoms with Gasteiger partial charge in [-0.25, -0.2) is 0 Å². The molecule has 2 nitrogen and oxygen atoms in total. The number of rotatable bonds is 16. The maximum absolute atomic E-state index is 7.24. The maximum Gasteiger partial charge on any atom is 0.317 e. The maximum atomic E-state index is 7.24. The molecule has 0 spiro atoms. The van der Waals surface area contributed by atoms with Crippen molar-refractivity contribution >= 4 is 26.6 Å². The van der Waals surface area contributed by atoms with E-state index in [9.17, 15) is 0 Å². The smallest absolute Gasteiger partial charge is 0.317 e. The highest BCUT2D eigenvalue weighted by Gasteiger charge is 2.44. The summed E-state index contributed by atoms with van der Waals surface area (Å²) in [6.07, 6.45) is 7.45. The summed E-state index contributed by atoms with van der Waals surface area (Å²) in [4.78, 5) is 0. The molecule has 0 aromatic rings. The molecule has 0 fully saturated rings. The molecule has 0 heterocycles. The van der Waals surface area contributed by atoms with Gasteiger partial charge in [0.25, 0.3) is 0 Å². The van der Waals surface area contributed by atoms with Crippen LogP contribution in [0.1, 0.15) is 80.1 Å². The monoisotopic (exact) mass is 374 g/mol. The van der Waals surface area contributed by atoms with Gasteiger partial charge in [0, 0.05) is 0 Å². The minimum absolute atomic E-state index is 0.654. The molecule has 0 saturated carbocycles. The Hall–Kier alpha value is 0.571. The van der Waals surface area contributed by atoms with Gasteiger partial charge in [0.15, 0.2) is 8.32 Å². The second kappa shape index (κ2) is 13.8. The van der Waals surface area contributed by atoms with Crippen molar-refractivity contribution in [1.29, 1.82) is 0 Å². The van der Waals surface area contributed by atoms with Crippen molar-refractivity contribution in [3.05, 3.63) is 0 Å². The first-order valence-corrected chi connectivity index (χ1v) is 16.1. The lowest BCUT2D eigenvalue weighted by atomic mass is 10.6. The van der Waals surface area contributed by atoms with Crippen LogP contribution >= 0.6 is 0 Å². The van der Waals surface area contributed by atoms with E-state index in [1.54, 1.807) is 0 Å². The van der Waals surface area contributed by atoms with E-state index < -0.39 is 16.9 Å². The molecule has 0 aliphatic rings. The third-order valence-electron chi connectivity index (χ3n) is 4.39. The fourth-order valence-electron chi connectivity index (χ4n) is 3.69. The van der Waals surface area contributed by atoms with Crippen molar-refractivity contribution in [3.63, 3.8) is 0 Å². The zero-order valence-electron chi connectivity index (χ0n) is 16.8. The van der Waals surface area contributed by atoms with Crippen molar-refractivity contribution in [1.82, 2.24) is 0 Å². The molecule has 5 heteroatoms. The molecule has 0 rings (SSSR count). The normalized spacial score (nSPS) is 12.8. The van der Waals surface area contributed by atoms with Crippen LogP contribution in [0.15, 0.2) is 0 Å².